The van der Waals surface area contributed by atoms with Crippen molar-refractivity contribution in [2.75, 3.05) is 13.1 Å². The highest BCUT2D eigenvalue weighted by molar-refractivity contribution is 9.10. The van der Waals surface area contributed by atoms with Gasteiger partial charge in [-0.3, -0.25) is 4.99 Å². The summed E-state index contributed by atoms with van der Waals surface area (Å²) in [6.07, 6.45) is 1.04. The van der Waals surface area contributed by atoms with Gasteiger partial charge >= 0.3 is 0 Å². The van der Waals surface area contributed by atoms with E-state index in [0.717, 1.165) is 46.1 Å². The van der Waals surface area contributed by atoms with Gasteiger partial charge in [0.1, 0.15) is 11.4 Å². The highest BCUT2D eigenvalue weighted by Gasteiger charge is 2.50. The molecule has 2 heterocycles. The van der Waals surface area contributed by atoms with Crippen molar-refractivity contribution in [3.8, 4) is 0 Å². The van der Waals surface area contributed by atoms with E-state index >= 15 is 0 Å². The molecule has 0 spiro atoms. The van der Waals surface area contributed by atoms with Crippen molar-refractivity contribution in [2.24, 2.45) is 4.99 Å². The zero-order chi connectivity index (χ0) is 16.7. The molecule has 0 aliphatic carbocycles. The van der Waals surface area contributed by atoms with Crippen molar-refractivity contribution < 1.29 is 0 Å². The molecule has 2 aliphatic heterocycles. The molecule has 1 fully saturated rings. The van der Waals surface area contributed by atoms with Gasteiger partial charge < -0.3 is 10.2 Å². The van der Waals surface area contributed by atoms with Crippen LogP contribution in [-0.2, 0) is 5.54 Å². The van der Waals surface area contributed by atoms with Crippen molar-refractivity contribution in [2.45, 2.75) is 18.9 Å². The van der Waals surface area contributed by atoms with Crippen LogP contribution < -0.4 is 5.32 Å². The maximum absolute atomic E-state index is 5.65. The van der Waals surface area contributed by atoms with Gasteiger partial charge in [0, 0.05) is 17.6 Å². The molecule has 1 N–H and O–H groups in total. The number of rotatable bonds is 2. The molecule has 3 nitrogen and oxygen atoms in total. The van der Waals surface area contributed by atoms with Gasteiger partial charge in [0.2, 0.25) is 0 Å². The fraction of sp³-hybridized carbons (Fsp3) is 0.263. The Kier molecular flexibility index (Phi) is 3.93. The molecule has 2 aromatic rings. The van der Waals surface area contributed by atoms with Crippen LogP contribution in [0.5, 0.6) is 0 Å². The summed E-state index contributed by atoms with van der Waals surface area (Å²) in [6, 6.07) is 17.0. The molecule has 1 atom stereocenters. The lowest BCUT2D eigenvalue weighted by atomic mass is 9.81. The third-order valence-corrected chi connectivity index (χ3v) is 5.49. The molecular formula is C19H18BrN3S. The average Bonchev–Trinajstić information content (AvgIpc) is 2.90. The summed E-state index contributed by atoms with van der Waals surface area (Å²) < 4.78 is 1.05. The monoisotopic (exact) mass is 399 g/mol. The molecule has 5 heteroatoms. The summed E-state index contributed by atoms with van der Waals surface area (Å²) in [5.74, 6) is 1.01. The summed E-state index contributed by atoms with van der Waals surface area (Å²) in [5, 5.41) is 4.35. The zero-order valence-electron chi connectivity index (χ0n) is 13.4. The number of aryl methyl sites for hydroxylation is 1. The predicted molar refractivity (Wildman–Crippen MR) is 105 cm³/mol. The second-order valence-electron chi connectivity index (χ2n) is 6.27. The average molecular weight is 400 g/mol. The summed E-state index contributed by atoms with van der Waals surface area (Å²) in [6.45, 7) is 3.87. The Bertz CT molecular complexity index is 831. The standard InChI is InChI=1S/C19H18BrN3S/c1-13-6-8-14(9-7-13)19(15-4-2-5-16(20)12-15)17-21-10-3-11-23(17)18(24)22-19/h2,4-9,12H,3,10-11H2,1H3,(H,22,24). The van der Waals surface area contributed by atoms with E-state index in [-0.39, 0.29) is 0 Å². The lowest BCUT2D eigenvalue weighted by Crippen LogP contribution is -2.46. The van der Waals surface area contributed by atoms with Crippen molar-refractivity contribution in [1.82, 2.24) is 10.2 Å². The van der Waals surface area contributed by atoms with E-state index in [1.165, 1.54) is 5.56 Å². The van der Waals surface area contributed by atoms with Gasteiger partial charge in [0.15, 0.2) is 5.11 Å². The number of nitrogens with one attached hydrogen (secondary N) is 1. The number of hydrogen-bond donors (Lipinski definition) is 1. The van der Waals surface area contributed by atoms with E-state index in [1.54, 1.807) is 0 Å². The normalized spacial score (nSPS) is 22.8. The first-order chi connectivity index (χ1) is 11.6. The highest BCUT2D eigenvalue weighted by Crippen LogP contribution is 2.39. The summed E-state index contributed by atoms with van der Waals surface area (Å²) in [7, 11) is 0. The number of benzene rings is 2. The number of aliphatic imine (C=N–C) groups is 1. The number of nitrogens with zero attached hydrogens (tertiary/aromatic N) is 2. The van der Waals surface area contributed by atoms with Gasteiger partial charge in [-0.2, -0.15) is 0 Å². The van der Waals surface area contributed by atoms with E-state index in [0.29, 0.717) is 0 Å². The first-order valence-corrected chi connectivity index (χ1v) is 9.29. The first-order valence-electron chi connectivity index (χ1n) is 8.09. The van der Waals surface area contributed by atoms with Gasteiger partial charge in [-0.15, -0.1) is 0 Å². The quantitative estimate of drug-likeness (QED) is 0.773. The minimum absolute atomic E-state index is 0.519. The van der Waals surface area contributed by atoms with Gasteiger partial charge in [-0.1, -0.05) is 57.9 Å². The Hall–Kier alpha value is -1.72. The minimum Gasteiger partial charge on any atom is -0.342 e. The van der Waals surface area contributed by atoms with Crippen LogP contribution in [0, 0.1) is 6.92 Å². The molecule has 1 unspecified atom stereocenters. The van der Waals surface area contributed by atoms with Gasteiger partial charge in [-0.25, -0.2) is 0 Å². The second-order valence-corrected chi connectivity index (χ2v) is 7.57. The van der Waals surface area contributed by atoms with Crippen LogP contribution in [0.25, 0.3) is 0 Å². The zero-order valence-corrected chi connectivity index (χ0v) is 15.8. The molecule has 2 aliphatic rings. The molecule has 0 bridgehead atoms. The SMILES string of the molecule is Cc1ccc(C2(c3cccc(Br)c3)NC(=S)N3CCCN=C32)cc1. The number of amidine groups is 1. The molecule has 0 amide bonds. The number of fused-ring (bicyclic) bond motifs is 1. The highest BCUT2D eigenvalue weighted by atomic mass is 79.9. The van der Waals surface area contributed by atoms with Crippen molar-refractivity contribution in [3.05, 3.63) is 69.7 Å². The molecule has 0 saturated carbocycles. The molecule has 0 aromatic heterocycles. The van der Waals surface area contributed by atoms with E-state index in [9.17, 15) is 0 Å². The molecule has 2 aromatic carbocycles. The fourth-order valence-corrected chi connectivity index (χ4v) is 4.23. The summed E-state index contributed by atoms with van der Waals surface area (Å²) >= 11 is 9.25. The van der Waals surface area contributed by atoms with Crippen LogP contribution in [0.3, 0.4) is 0 Å². The van der Waals surface area contributed by atoms with Gasteiger partial charge in [0.05, 0.1) is 0 Å². The lowest BCUT2D eigenvalue weighted by molar-refractivity contribution is 0.545. The van der Waals surface area contributed by atoms with Crippen LogP contribution in [0.15, 0.2) is 58.0 Å². The van der Waals surface area contributed by atoms with Crippen LogP contribution in [0.4, 0.5) is 0 Å². The minimum atomic E-state index is -0.519. The Morgan fingerprint density at radius 1 is 1.17 bits per heavy atom. The number of hydrogen-bond acceptors (Lipinski definition) is 2. The van der Waals surface area contributed by atoms with Crippen molar-refractivity contribution in [1.29, 1.82) is 0 Å². The Morgan fingerprint density at radius 3 is 2.71 bits per heavy atom. The maximum Gasteiger partial charge on any atom is 0.175 e. The number of thiocarbonyl (C=S) groups is 1. The van der Waals surface area contributed by atoms with E-state index in [2.05, 4.69) is 75.5 Å². The maximum atomic E-state index is 5.65. The van der Waals surface area contributed by atoms with Gasteiger partial charge in [-0.05, 0) is 48.8 Å². The van der Waals surface area contributed by atoms with Crippen LogP contribution in [0.1, 0.15) is 23.1 Å². The summed E-state index contributed by atoms with van der Waals surface area (Å²) in [5.41, 5.74) is 3.03. The third kappa shape index (κ3) is 2.38. The lowest BCUT2D eigenvalue weighted by Gasteiger charge is -2.33. The Morgan fingerprint density at radius 2 is 1.96 bits per heavy atom. The molecule has 1 saturated heterocycles. The second kappa shape index (κ2) is 5.97. The van der Waals surface area contributed by atoms with Crippen LogP contribution in [-0.4, -0.2) is 28.9 Å². The molecule has 122 valence electrons. The Balaban J connectivity index is 1.98. The molecule has 4 rings (SSSR count). The predicted octanol–water partition coefficient (Wildman–Crippen LogP) is 3.99. The fourth-order valence-electron chi connectivity index (χ4n) is 3.50. The third-order valence-electron chi connectivity index (χ3n) is 4.67. The topological polar surface area (TPSA) is 27.6 Å². The molecule has 24 heavy (non-hydrogen) atoms. The van der Waals surface area contributed by atoms with E-state index < -0.39 is 5.54 Å². The molecular weight excluding hydrogens is 382 g/mol. The van der Waals surface area contributed by atoms with Gasteiger partial charge in [0.25, 0.3) is 0 Å². The largest absolute Gasteiger partial charge is 0.342 e. The summed E-state index contributed by atoms with van der Waals surface area (Å²) in [4.78, 5) is 7.03. The smallest absolute Gasteiger partial charge is 0.175 e. The number of halogens is 1. The van der Waals surface area contributed by atoms with E-state index in [1.807, 2.05) is 6.07 Å². The van der Waals surface area contributed by atoms with Crippen molar-refractivity contribution >= 4 is 39.1 Å². The first kappa shape index (κ1) is 15.8. The van der Waals surface area contributed by atoms with Crippen LogP contribution >= 0.6 is 28.1 Å². The molecule has 0 radical (unpaired) electrons. The Labute approximate surface area is 155 Å². The van der Waals surface area contributed by atoms with E-state index in [4.69, 9.17) is 17.2 Å². The van der Waals surface area contributed by atoms with Crippen molar-refractivity contribution in [3.63, 3.8) is 0 Å². The van der Waals surface area contributed by atoms with Crippen LogP contribution in [0.2, 0.25) is 0 Å².